The molecule has 0 saturated heterocycles. The lowest BCUT2D eigenvalue weighted by Crippen LogP contribution is -2.30. The summed E-state index contributed by atoms with van der Waals surface area (Å²) in [5.74, 6) is 0. The van der Waals surface area contributed by atoms with Gasteiger partial charge in [0.1, 0.15) is 0 Å². The van der Waals surface area contributed by atoms with Gasteiger partial charge in [0.05, 0.1) is 17.1 Å². The van der Waals surface area contributed by atoms with E-state index in [2.05, 4.69) is 220 Å². The molecule has 2 heteroatoms. The fourth-order valence-electron chi connectivity index (χ4n) is 10.3. The van der Waals surface area contributed by atoms with Crippen LogP contribution in [0.5, 0.6) is 0 Å². The summed E-state index contributed by atoms with van der Waals surface area (Å²) in [5, 5.41) is 2.50. The molecule has 0 spiro atoms. The maximum absolute atomic E-state index is 2.49. The summed E-state index contributed by atoms with van der Waals surface area (Å²) < 4.78 is 0. The van der Waals surface area contributed by atoms with Crippen molar-refractivity contribution in [3.63, 3.8) is 0 Å². The van der Waals surface area contributed by atoms with E-state index in [0.717, 1.165) is 12.8 Å². The first-order valence-electron chi connectivity index (χ1n) is 20.7. The van der Waals surface area contributed by atoms with Crippen molar-refractivity contribution in [2.75, 3.05) is 9.80 Å². The van der Waals surface area contributed by atoms with Crippen molar-refractivity contribution < 1.29 is 0 Å². The minimum absolute atomic E-state index is 0.0840. The average Bonchev–Trinajstić information content (AvgIpc) is 3.36. The van der Waals surface area contributed by atoms with E-state index in [-0.39, 0.29) is 10.8 Å². The van der Waals surface area contributed by atoms with Crippen LogP contribution >= 0.6 is 0 Å². The predicted molar refractivity (Wildman–Crippen MR) is 246 cm³/mol. The largest absolute Gasteiger partial charge is 0.310 e. The fourth-order valence-corrected chi connectivity index (χ4v) is 10.3. The Morgan fingerprint density at radius 3 is 1.59 bits per heavy atom. The van der Waals surface area contributed by atoms with E-state index >= 15 is 0 Å². The fraction of sp³-hybridized carbons (Fsp3) is 0.143. The van der Waals surface area contributed by atoms with Crippen molar-refractivity contribution in [1.82, 2.24) is 0 Å². The van der Waals surface area contributed by atoms with E-state index in [0.29, 0.717) is 0 Å². The summed E-state index contributed by atoms with van der Waals surface area (Å²) in [6.45, 7) is 9.48. The minimum atomic E-state index is -0.160. The molecule has 0 atom stereocenters. The van der Waals surface area contributed by atoms with Crippen LogP contribution in [0.1, 0.15) is 72.2 Å². The van der Waals surface area contributed by atoms with Gasteiger partial charge in [-0.05, 0) is 116 Å². The van der Waals surface area contributed by atoms with Crippen LogP contribution in [0.25, 0.3) is 34.1 Å². The Balaban J connectivity index is 0.953. The standard InChI is InChI=1S/C56H46N2/c1-55(2)46-20-7-11-24-53(46)57(54-25-12-8-21-47(54)55)41-32-34-44-43-33-28-37(35-48(43)56(3,4)49(44)36-41)27-29-38-17-13-19-45-42(38)18-14-26-52(45)58-50-22-9-5-15-39(50)30-31-40-16-6-10-23-51(40)58/h5-29,32-36H,30-31H2,1-4H3/b29-27+. The van der Waals surface area contributed by atoms with E-state index in [9.17, 15) is 0 Å². The first kappa shape index (κ1) is 34.6. The van der Waals surface area contributed by atoms with Crippen LogP contribution in [0.15, 0.2) is 170 Å². The molecule has 1 aliphatic carbocycles. The molecule has 0 radical (unpaired) electrons. The molecule has 8 aromatic carbocycles. The molecule has 2 heterocycles. The Morgan fingerprint density at radius 1 is 0.397 bits per heavy atom. The first-order chi connectivity index (χ1) is 28.3. The lowest BCUT2D eigenvalue weighted by atomic mass is 9.73. The van der Waals surface area contributed by atoms with E-state index < -0.39 is 0 Å². The van der Waals surface area contributed by atoms with Gasteiger partial charge in [-0.1, -0.05) is 167 Å². The molecule has 8 aromatic rings. The second-order valence-corrected chi connectivity index (χ2v) is 17.3. The summed E-state index contributed by atoms with van der Waals surface area (Å²) >= 11 is 0. The number of hydrogen-bond acceptors (Lipinski definition) is 2. The third-order valence-corrected chi connectivity index (χ3v) is 13.3. The van der Waals surface area contributed by atoms with Gasteiger partial charge in [-0.3, -0.25) is 0 Å². The number of aryl methyl sites for hydroxylation is 2. The van der Waals surface area contributed by atoms with Crippen molar-refractivity contribution in [2.24, 2.45) is 0 Å². The highest BCUT2D eigenvalue weighted by atomic mass is 15.2. The molecule has 0 N–H and O–H groups in total. The van der Waals surface area contributed by atoms with Crippen LogP contribution in [0, 0.1) is 0 Å². The molecule has 0 unspecified atom stereocenters. The van der Waals surface area contributed by atoms with Gasteiger partial charge in [0.15, 0.2) is 0 Å². The Kier molecular flexibility index (Phi) is 7.72. The molecule has 2 aliphatic heterocycles. The number of nitrogens with zero attached hydrogens (tertiary/aromatic N) is 2. The van der Waals surface area contributed by atoms with Gasteiger partial charge in [-0.25, -0.2) is 0 Å². The maximum Gasteiger partial charge on any atom is 0.0540 e. The zero-order valence-electron chi connectivity index (χ0n) is 33.6. The summed E-state index contributed by atoms with van der Waals surface area (Å²) in [5.41, 5.74) is 20.5. The van der Waals surface area contributed by atoms with Crippen molar-refractivity contribution >= 4 is 57.0 Å². The van der Waals surface area contributed by atoms with E-state index in [1.807, 2.05) is 0 Å². The highest BCUT2D eigenvalue weighted by Gasteiger charge is 2.39. The number of para-hydroxylation sites is 4. The topological polar surface area (TPSA) is 6.48 Å². The third-order valence-electron chi connectivity index (χ3n) is 13.3. The van der Waals surface area contributed by atoms with Gasteiger partial charge in [-0.2, -0.15) is 0 Å². The first-order valence-corrected chi connectivity index (χ1v) is 20.7. The number of fused-ring (bicyclic) bond motifs is 8. The Morgan fingerprint density at radius 2 is 0.914 bits per heavy atom. The van der Waals surface area contributed by atoms with Crippen molar-refractivity contribution in [3.05, 3.63) is 214 Å². The SMILES string of the molecule is CC1(C)c2cc(/C=C/c3cccc4c(N5c6ccccc6CCc6ccccc65)cccc34)ccc2-c2ccc(N3c4ccccc4C(C)(C)c4ccccc43)cc21. The van der Waals surface area contributed by atoms with Crippen LogP contribution in [0.4, 0.5) is 34.1 Å². The van der Waals surface area contributed by atoms with E-state index in [4.69, 9.17) is 0 Å². The number of hydrogen-bond donors (Lipinski definition) is 0. The van der Waals surface area contributed by atoms with Gasteiger partial charge < -0.3 is 9.80 Å². The summed E-state index contributed by atoms with van der Waals surface area (Å²) in [4.78, 5) is 4.96. The van der Waals surface area contributed by atoms with Crippen molar-refractivity contribution in [1.29, 1.82) is 0 Å². The molecular weight excluding hydrogens is 701 g/mol. The van der Waals surface area contributed by atoms with Crippen LogP contribution in [-0.2, 0) is 23.7 Å². The van der Waals surface area contributed by atoms with Crippen LogP contribution in [0.2, 0.25) is 0 Å². The molecule has 58 heavy (non-hydrogen) atoms. The number of anilines is 6. The normalized spacial score (nSPS) is 15.6. The van der Waals surface area contributed by atoms with Gasteiger partial charge >= 0.3 is 0 Å². The third kappa shape index (κ3) is 5.17. The smallest absolute Gasteiger partial charge is 0.0540 e. The summed E-state index contributed by atoms with van der Waals surface area (Å²) in [6.07, 6.45) is 6.67. The van der Waals surface area contributed by atoms with E-state index in [1.165, 1.54) is 101 Å². The second-order valence-electron chi connectivity index (χ2n) is 17.3. The van der Waals surface area contributed by atoms with Crippen molar-refractivity contribution in [2.45, 2.75) is 51.4 Å². The molecule has 0 saturated carbocycles. The van der Waals surface area contributed by atoms with Gasteiger partial charge in [0.2, 0.25) is 0 Å². The molecule has 0 amide bonds. The molecule has 0 bridgehead atoms. The molecular formula is C56H46N2. The molecule has 2 nitrogen and oxygen atoms in total. The highest BCUT2D eigenvalue weighted by Crippen LogP contribution is 2.55. The second kappa shape index (κ2) is 12.9. The summed E-state index contributed by atoms with van der Waals surface area (Å²) in [7, 11) is 0. The zero-order chi connectivity index (χ0) is 39.2. The molecule has 280 valence electrons. The molecule has 3 aliphatic rings. The average molecular weight is 747 g/mol. The Labute approximate surface area is 342 Å². The Bertz CT molecular complexity index is 2880. The maximum atomic E-state index is 2.49. The zero-order valence-corrected chi connectivity index (χ0v) is 33.6. The number of rotatable bonds is 4. The van der Waals surface area contributed by atoms with Crippen LogP contribution < -0.4 is 9.80 Å². The van der Waals surface area contributed by atoms with Gasteiger partial charge in [0, 0.05) is 33.3 Å². The van der Waals surface area contributed by atoms with Gasteiger partial charge in [-0.15, -0.1) is 0 Å². The summed E-state index contributed by atoms with van der Waals surface area (Å²) in [6, 6.07) is 63.3. The molecule has 0 aromatic heterocycles. The quantitative estimate of drug-likeness (QED) is 0.166. The molecule has 11 rings (SSSR count). The van der Waals surface area contributed by atoms with E-state index in [1.54, 1.807) is 0 Å². The number of benzene rings is 8. The van der Waals surface area contributed by atoms with Gasteiger partial charge in [0.25, 0.3) is 0 Å². The van der Waals surface area contributed by atoms with Crippen molar-refractivity contribution in [3.8, 4) is 11.1 Å². The van der Waals surface area contributed by atoms with Crippen LogP contribution in [0.3, 0.4) is 0 Å². The Hall–Kier alpha value is -6.64. The highest BCUT2D eigenvalue weighted by molar-refractivity contribution is 6.04. The van der Waals surface area contributed by atoms with Crippen LogP contribution in [-0.4, -0.2) is 0 Å². The molecule has 0 fully saturated rings. The minimum Gasteiger partial charge on any atom is -0.310 e. The lowest BCUT2D eigenvalue weighted by molar-refractivity contribution is 0.631. The monoisotopic (exact) mass is 746 g/mol. The lowest BCUT2D eigenvalue weighted by Gasteiger charge is -2.42. The predicted octanol–water partition coefficient (Wildman–Crippen LogP) is 15.0.